The summed E-state index contributed by atoms with van der Waals surface area (Å²) < 4.78 is 38.2. The number of alkyl halides is 3. The van der Waals surface area contributed by atoms with Gasteiger partial charge in [-0.05, 0) is 17.9 Å². The van der Waals surface area contributed by atoms with E-state index in [4.69, 9.17) is 10.9 Å². The van der Waals surface area contributed by atoms with Crippen LogP contribution in [0.3, 0.4) is 0 Å². The molecule has 0 spiro atoms. The molecule has 2 atom stereocenters. The van der Waals surface area contributed by atoms with Crippen LogP contribution in [0.15, 0.2) is 22.7 Å². The molecule has 108 valence electrons. The van der Waals surface area contributed by atoms with Gasteiger partial charge in [0.25, 0.3) is 0 Å². The van der Waals surface area contributed by atoms with E-state index in [2.05, 4.69) is 10.5 Å². The lowest BCUT2D eigenvalue weighted by atomic mass is 10.1. The van der Waals surface area contributed by atoms with Crippen molar-refractivity contribution in [1.29, 1.82) is 0 Å². The van der Waals surface area contributed by atoms with E-state index in [1.54, 1.807) is 0 Å². The lowest BCUT2D eigenvalue weighted by Gasteiger charge is -2.22. The van der Waals surface area contributed by atoms with E-state index in [1.807, 2.05) is 24.4 Å². The molecule has 1 aromatic heterocycles. The maximum atomic E-state index is 12.7. The SMILES string of the molecule is CCC(NCC(/C(N)=N/O)C(F)(F)F)c1cccs1. The molecular weight excluding hydrogens is 279 g/mol. The van der Waals surface area contributed by atoms with Crippen molar-refractivity contribution in [2.45, 2.75) is 25.6 Å². The van der Waals surface area contributed by atoms with Crippen LogP contribution in [0.4, 0.5) is 13.2 Å². The average Bonchev–Trinajstić information content (AvgIpc) is 2.86. The van der Waals surface area contributed by atoms with Crippen LogP contribution in [-0.2, 0) is 0 Å². The van der Waals surface area contributed by atoms with Gasteiger partial charge in [0.05, 0.1) is 0 Å². The van der Waals surface area contributed by atoms with Crippen molar-refractivity contribution in [1.82, 2.24) is 5.32 Å². The quantitative estimate of drug-likeness (QED) is 0.327. The molecule has 0 amide bonds. The molecule has 0 fully saturated rings. The van der Waals surface area contributed by atoms with Gasteiger partial charge in [0, 0.05) is 17.5 Å². The van der Waals surface area contributed by atoms with Crippen LogP contribution in [0.5, 0.6) is 0 Å². The lowest BCUT2D eigenvalue weighted by Crippen LogP contribution is -2.43. The fourth-order valence-corrected chi connectivity index (χ4v) is 2.54. The van der Waals surface area contributed by atoms with Crippen LogP contribution in [0.1, 0.15) is 24.3 Å². The number of hydrogen-bond acceptors (Lipinski definition) is 4. The fraction of sp³-hybridized carbons (Fsp3) is 0.545. The number of nitrogens with two attached hydrogens (primary N) is 1. The molecule has 0 aromatic carbocycles. The Hall–Kier alpha value is -1.28. The van der Waals surface area contributed by atoms with E-state index in [0.29, 0.717) is 6.42 Å². The Labute approximate surface area is 113 Å². The number of halogens is 3. The van der Waals surface area contributed by atoms with Crippen molar-refractivity contribution in [3.05, 3.63) is 22.4 Å². The highest BCUT2D eigenvalue weighted by molar-refractivity contribution is 7.10. The van der Waals surface area contributed by atoms with Crippen molar-refractivity contribution in [3.63, 3.8) is 0 Å². The summed E-state index contributed by atoms with van der Waals surface area (Å²) in [6, 6.07) is 3.53. The highest BCUT2D eigenvalue weighted by Crippen LogP contribution is 2.28. The third-order valence-electron chi connectivity index (χ3n) is 2.73. The van der Waals surface area contributed by atoms with Crippen molar-refractivity contribution in [3.8, 4) is 0 Å². The first-order chi connectivity index (χ1) is 8.90. The van der Waals surface area contributed by atoms with Gasteiger partial charge in [-0.3, -0.25) is 0 Å². The minimum Gasteiger partial charge on any atom is -0.409 e. The van der Waals surface area contributed by atoms with Crippen LogP contribution in [0.25, 0.3) is 0 Å². The standard InChI is InChI=1S/C11H16F3N3OS/c1-2-8(9-4-3-5-19-9)16-6-7(10(15)17-18)11(12,13)14/h3-5,7-8,16,18H,2,6H2,1H3,(H2,15,17). The number of nitrogens with zero attached hydrogens (tertiary/aromatic N) is 1. The normalized spacial score (nSPS) is 16.3. The molecule has 1 aromatic rings. The molecule has 0 bridgehead atoms. The molecular formula is C11H16F3N3OS. The fourth-order valence-electron chi connectivity index (χ4n) is 1.65. The molecule has 1 rings (SSSR count). The molecule has 0 saturated carbocycles. The second-order valence-corrected chi connectivity index (χ2v) is 4.98. The average molecular weight is 295 g/mol. The second-order valence-electron chi connectivity index (χ2n) is 4.00. The Morgan fingerprint density at radius 1 is 1.58 bits per heavy atom. The summed E-state index contributed by atoms with van der Waals surface area (Å²) in [6.07, 6.45) is -3.89. The van der Waals surface area contributed by atoms with Gasteiger partial charge in [-0.15, -0.1) is 11.3 Å². The number of nitrogens with one attached hydrogen (secondary N) is 1. The Kier molecular flexibility index (Phi) is 5.61. The minimum atomic E-state index is -4.54. The molecule has 0 aliphatic rings. The monoisotopic (exact) mass is 295 g/mol. The van der Waals surface area contributed by atoms with Crippen LogP contribution in [0, 0.1) is 5.92 Å². The summed E-state index contributed by atoms with van der Waals surface area (Å²) in [5, 5.41) is 15.5. The molecule has 1 heterocycles. The third kappa shape index (κ3) is 4.39. The molecule has 2 unspecified atom stereocenters. The molecule has 4 N–H and O–H groups in total. The van der Waals surface area contributed by atoms with Crippen molar-refractivity contribution in [2.75, 3.05) is 6.54 Å². The van der Waals surface area contributed by atoms with E-state index in [-0.39, 0.29) is 6.04 Å². The molecule has 0 saturated heterocycles. The first-order valence-electron chi connectivity index (χ1n) is 5.71. The van der Waals surface area contributed by atoms with Crippen molar-refractivity contribution in [2.24, 2.45) is 16.8 Å². The molecule has 8 heteroatoms. The first-order valence-corrected chi connectivity index (χ1v) is 6.59. The van der Waals surface area contributed by atoms with Gasteiger partial charge in [-0.1, -0.05) is 18.1 Å². The number of hydrogen-bond donors (Lipinski definition) is 3. The Morgan fingerprint density at radius 2 is 2.26 bits per heavy atom. The summed E-state index contributed by atoms with van der Waals surface area (Å²) in [4.78, 5) is 0.961. The zero-order valence-corrected chi connectivity index (χ0v) is 11.1. The van der Waals surface area contributed by atoms with Gasteiger partial charge >= 0.3 is 6.18 Å². The van der Waals surface area contributed by atoms with Gasteiger partial charge < -0.3 is 16.3 Å². The number of rotatable bonds is 6. The summed E-state index contributed by atoms with van der Waals surface area (Å²) in [5.74, 6) is -2.83. The summed E-state index contributed by atoms with van der Waals surface area (Å²) in [6.45, 7) is 1.46. The zero-order valence-electron chi connectivity index (χ0n) is 10.3. The predicted molar refractivity (Wildman–Crippen MR) is 68.3 cm³/mol. The molecule has 0 aliphatic carbocycles. The van der Waals surface area contributed by atoms with Gasteiger partial charge in [0.1, 0.15) is 5.92 Å². The number of thiophene rings is 1. The summed E-state index contributed by atoms with van der Waals surface area (Å²) in [5.41, 5.74) is 5.09. The Bertz CT molecular complexity index is 406. The van der Waals surface area contributed by atoms with Crippen LogP contribution < -0.4 is 11.1 Å². The first kappa shape index (κ1) is 15.8. The maximum Gasteiger partial charge on any atom is 0.400 e. The largest absolute Gasteiger partial charge is 0.409 e. The van der Waals surface area contributed by atoms with Crippen LogP contribution in [0.2, 0.25) is 0 Å². The van der Waals surface area contributed by atoms with Gasteiger partial charge in [-0.2, -0.15) is 13.2 Å². The maximum absolute atomic E-state index is 12.7. The van der Waals surface area contributed by atoms with Crippen molar-refractivity contribution < 1.29 is 18.4 Å². The number of amidine groups is 1. The number of oxime groups is 1. The lowest BCUT2D eigenvalue weighted by molar-refractivity contribution is -0.155. The zero-order chi connectivity index (χ0) is 14.5. The smallest absolute Gasteiger partial charge is 0.400 e. The topological polar surface area (TPSA) is 70.6 Å². The highest BCUT2D eigenvalue weighted by Gasteiger charge is 2.42. The van der Waals surface area contributed by atoms with E-state index >= 15 is 0 Å². The molecule has 0 radical (unpaired) electrons. The highest BCUT2D eigenvalue weighted by atomic mass is 32.1. The van der Waals surface area contributed by atoms with Gasteiger partial charge in [-0.25, -0.2) is 0 Å². The molecule has 0 aliphatic heterocycles. The Morgan fingerprint density at radius 3 is 2.68 bits per heavy atom. The Balaban J connectivity index is 2.71. The minimum absolute atomic E-state index is 0.170. The van der Waals surface area contributed by atoms with E-state index < -0.39 is 24.5 Å². The third-order valence-corrected chi connectivity index (χ3v) is 3.72. The van der Waals surface area contributed by atoms with Crippen molar-refractivity contribution >= 4 is 17.2 Å². The molecule has 4 nitrogen and oxygen atoms in total. The summed E-state index contributed by atoms with van der Waals surface area (Å²) in [7, 11) is 0. The van der Waals surface area contributed by atoms with Gasteiger partial charge in [0.15, 0.2) is 5.84 Å². The van der Waals surface area contributed by atoms with E-state index in [1.165, 1.54) is 11.3 Å². The summed E-state index contributed by atoms with van der Waals surface area (Å²) >= 11 is 1.47. The second kappa shape index (κ2) is 6.76. The molecule has 19 heavy (non-hydrogen) atoms. The van der Waals surface area contributed by atoms with Gasteiger partial charge in [0.2, 0.25) is 0 Å². The van der Waals surface area contributed by atoms with E-state index in [0.717, 1.165) is 4.88 Å². The van der Waals surface area contributed by atoms with E-state index in [9.17, 15) is 13.2 Å². The van der Waals surface area contributed by atoms with Crippen LogP contribution in [-0.4, -0.2) is 23.8 Å². The van der Waals surface area contributed by atoms with Crippen LogP contribution >= 0.6 is 11.3 Å². The predicted octanol–water partition coefficient (Wildman–Crippen LogP) is 2.71.